The summed E-state index contributed by atoms with van der Waals surface area (Å²) in [5.41, 5.74) is 1.52. The average Bonchev–Trinajstić information content (AvgIpc) is 3.21. The van der Waals surface area contributed by atoms with Crippen molar-refractivity contribution in [3.05, 3.63) is 48.4 Å². The van der Waals surface area contributed by atoms with Crippen LogP contribution in [0.5, 0.6) is 0 Å². The maximum Gasteiger partial charge on any atom is 0.322 e. The van der Waals surface area contributed by atoms with E-state index in [1.54, 1.807) is 24.4 Å². The van der Waals surface area contributed by atoms with E-state index in [9.17, 15) is 4.79 Å². The van der Waals surface area contributed by atoms with E-state index >= 15 is 0 Å². The Morgan fingerprint density at radius 1 is 1.23 bits per heavy atom. The Labute approximate surface area is 154 Å². The van der Waals surface area contributed by atoms with E-state index < -0.39 is 0 Å². The van der Waals surface area contributed by atoms with Gasteiger partial charge in [-0.2, -0.15) is 0 Å². The molecule has 1 N–H and O–H groups in total. The summed E-state index contributed by atoms with van der Waals surface area (Å²) in [6.45, 7) is 3.47. The number of methoxy groups -OCH3 is 1. The van der Waals surface area contributed by atoms with Gasteiger partial charge in [0.25, 0.3) is 0 Å². The molecular weight excluding hydrogens is 330 g/mol. The summed E-state index contributed by atoms with van der Waals surface area (Å²) in [4.78, 5) is 25.4. The lowest BCUT2D eigenvalue weighted by Gasteiger charge is -2.22. The lowest BCUT2D eigenvalue weighted by atomic mass is 10.3. The summed E-state index contributed by atoms with van der Waals surface area (Å²) in [5.74, 6) is 0.963. The van der Waals surface area contributed by atoms with Crippen molar-refractivity contribution in [3.8, 4) is 0 Å². The number of rotatable bonds is 7. The topological polar surface area (TPSA) is 70.6 Å². The number of nitrogens with one attached hydrogen (secondary N) is 1. The normalized spacial score (nSPS) is 13.7. The first-order valence-corrected chi connectivity index (χ1v) is 8.92. The van der Waals surface area contributed by atoms with Gasteiger partial charge in [-0.1, -0.05) is 6.07 Å². The number of carbonyl (C=O) groups excluding carboxylic acids is 1. The molecule has 7 nitrogen and oxygen atoms in total. The lowest BCUT2D eigenvalue weighted by Crippen LogP contribution is -2.37. The van der Waals surface area contributed by atoms with Crippen LogP contribution in [-0.4, -0.2) is 54.2 Å². The molecule has 0 saturated carbocycles. The average molecular weight is 355 g/mol. The van der Waals surface area contributed by atoms with E-state index in [2.05, 4.69) is 20.2 Å². The van der Waals surface area contributed by atoms with Crippen LogP contribution in [0.2, 0.25) is 0 Å². The van der Waals surface area contributed by atoms with Crippen molar-refractivity contribution in [2.75, 3.05) is 43.6 Å². The molecule has 0 radical (unpaired) electrons. The van der Waals surface area contributed by atoms with E-state index in [1.165, 1.54) is 12.8 Å². The SMILES string of the molecule is COCCN(Cc1ccccn1)C(=O)Nc1ccc(N2CCCC2)nc1. The third-order valence-electron chi connectivity index (χ3n) is 4.36. The quantitative estimate of drug-likeness (QED) is 0.827. The van der Waals surface area contributed by atoms with Gasteiger partial charge in [0.15, 0.2) is 0 Å². The maximum absolute atomic E-state index is 12.7. The van der Waals surface area contributed by atoms with Gasteiger partial charge in [0.2, 0.25) is 0 Å². The summed E-state index contributed by atoms with van der Waals surface area (Å²) >= 11 is 0. The summed E-state index contributed by atoms with van der Waals surface area (Å²) in [5, 5.41) is 2.91. The molecule has 0 aromatic carbocycles. The molecule has 1 fully saturated rings. The zero-order valence-electron chi connectivity index (χ0n) is 15.1. The van der Waals surface area contributed by atoms with Gasteiger partial charge in [-0.05, 0) is 37.1 Å². The summed E-state index contributed by atoms with van der Waals surface area (Å²) in [6.07, 6.45) is 5.86. The molecule has 7 heteroatoms. The van der Waals surface area contributed by atoms with Gasteiger partial charge in [0.1, 0.15) is 5.82 Å². The highest BCUT2D eigenvalue weighted by atomic mass is 16.5. The molecule has 3 rings (SSSR count). The van der Waals surface area contributed by atoms with Gasteiger partial charge in [0, 0.05) is 32.9 Å². The van der Waals surface area contributed by atoms with E-state index in [0.717, 1.165) is 24.6 Å². The molecule has 0 unspecified atom stereocenters. The summed E-state index contributed by atoms with van der Waals surface area (Å²) in [6, 6.07) is 9.34. The zero-order chi connectivity index (χ0) is 18.2. The van der Waals surface area contributed by atoms with Crippen LogP contribution in [-0.2, 0) is 11.3 Å². The third-order valence-corrected chi connectivity index (χ3v) is 4.36. The Morgan fingerprint density at radius 3 is 2.73 bits per heavy atom. The molecule has 2 aromatic heterocycles. The molecule has 0 atom stereocenters. The number of nitrogens with zero attached hydrogens (tertiary/aromatic N) is 4. The second-order valence-corrected chi connectivity index (χ2v) is 6.26. The minimum absolute atomic E-state index is 0.191. The van der Waals surface area contributed by atoms with Crippen LogP contribution in [0.4, 0.5) is 16.3 Å². The molecule has 26 heavy (non-hydrogen) atoms. The molecule has 0 bridgehead atoms. The molecule has 0 spiro atoms. The minimum atomic E-state index is -0.191. The number of pyridine rings is 2. The maximum atomic E-state index is 12.7. The van der Waals surface area contributed by atoms with Gasteiger partial charge in [0.05, 0.1) is 30.7 Å². The van der Waals surface area contributed by atoms with Gasteiger partial charge < -0.3 is 19.9 Å². The smallest absolute Gasteiger partial charge is 0.322 e. The van der Waals surface area contributed by atoms with Crippen LogP contribution in [0.25, 0.3) is 0 Å². The molecule has 2 aromatic rings. The molecule has 1 aliphatic heterocycles. The second kappa shape index (κ2) is 9.15. The Bertz CT molecular complexity index is 687. The third kappa shape index (κ3) is 4.92. The van der Waals surface area contributed by atoms with Crippen LogP contribution >= 0.6 is 0 Å². The molecule has 1 saturated heterocycles. The van der Waals surface area contributed by atoms with Crippen molar-refractivity contribution in [1.29, 1.82) is 0 Å². The largest absolute Gasteiger partial charge is 0.383 e. The van der Waals surface area contributed by atoms with Gasteiger partial charge in [-0.3, -0.25) is 4.98 Å². The predicted molar refractivity (Wildman–Crippen MR) is 101 cm³/mol. The number of carbonyl (C=O) groups is 1. The number of anilines is 2. The molecule has 0 aliphatic carbocycles. The fourth-order valence-electron chi connectivity index (χ4n) is 2.94. The Morgan fingerprint density at radius 2 is 2.08 bits per heavy atom. The van der Waals surface area contributed by atoms with E-state index in [-0.39, 0.29) is 6.03 Å². The van der Waals surface area contributed by atoms with Crippen molar-refractivity contribution in [2.45, 2.75) is 19.4 Å². The number of hydrogen-bond donors (Lipinski definition) is 1. The van der Waals surface area contributed by atoms with Gasteiger partial charge >= 0.3 is 6.03 Å². The highest BCUT2D eigenvalue weighted by Crippen LogP contribution is 2.19. The Hall–Kier alpha value is -2.67. The first-order chi connectivity index (χ1) is 12.8. The van der Waals surface area contributed by atoms with Gasteiger partial charge in [-0.15, -0.1) is 0 Å². The second-order valence-electron chi connectivity index (χ2n) is 6.26. The van der Waals surface area contributed by atoms with E-state index in [1.807, 2.05) is 30.3 Å². The van der Waals surface area contributed by atoms with E-state index in [0.29, 0.717) is 25.4 Å². The number of urea groups is 1. The summed E-state index contributed by atoms with van der Waals surface area (Å²) in [7, 11) is 1.62. The Kier molecular flexibility index (Phi) is 6.38. The first kappa shape index (κ1) is 18.1. The molecule has 2 amide bonds. The number of ether oxygens (including phenoxy) is 1. The monoisotopic (exact) mass is 355 g/mol. The number of hydrogen-bond acceptors (Lipinski definition) is 5. The van der Waals surface area contributed by atoms with E-state index in [4.69, 9.17) is 4.74 Å². The van der Waals surface area contributed by atoms with Crippen molar-refractivity contribution < 1.29 is 9.53 Å². The fourth-order valence-corrected chi connectivity index (χ4v) is 2.94. The minimum Gasteiger partial charge on any atom is -0.383 e. The van der Waals surface area contributed by atoms with Crippen LogP contribution in [0.3, 0.4) is 0 Å². The standard InChI is InChI=1S/C19H25N5O2/c1-26-13-12-24(15-17-6-2-3-9-20-17)19(25)22-16-7-8-18(21-14-16)23-10-4-5-11-23/h2-3,6-9,14H,4-5,10-13,15H2,1H3,(H,22,25). The van der Waals surface area contributed by atoms with Crippen LogP contribution in [0.15, 0.2) is 42.7 Å². The fraction of sp³-hybridized carbons (Fsp3) is 0.421. The van der Waals surface area contributed by atoms with Crippen molar-refractivity contribution >= 4 is 17.5 Å². The van der Waals surface area contributed by atoms with Crippen molar-refractivity contribution in [1.82, 2.24) is 14.9 Å². The number of amides is 2. The Balaban J connectivity index is 1.62. The number of aromatic nitrogens is 2. The molecule has 138 valence electrons. The van der Waals surface area contributed by atoms with Crippen molar-refractivity contribution in [2.24, 2.45) is 0 Å². The first-order valence-electron chi connectivity index (χ1n) is 8.92. The highest BCUT2D eigenvalue weighted by Gasteiger charge is 2.16. The van der Waals surface area contributed by atoms with Crippen LogP contribution in [0, 0.1) is 0 Å². The van der Waals surface area contributed by atoms with Gasteiger partial charge in [-0.25, -0.2) is 9.78 Å². The summed E-state index contributed by atoms with van der Waals surface area (Å²) < 4.78 is 5.12. The molecule has 1 aliphatic rings. The van der Waals surface area contributed by atoms with Crippen molar-refractivity contribution in [3.63, 3.8) is 0 Å². The highest BCUT2D eigenvalue weighted by molar-refractivity contribution is 5.89. The van der Waals surface area contributed by atoms with Crippen LogP contribution in [0.1, 0.15) is 18.5 Å². The zero-order valence-corrected chi connectivity index (χ0v) is 15.1. The van der Waals surface area contributed by atoms with Crippen LogP contribution < -0.4 is 10.2 Å². The lowest BCUT2D eigenvalue weighted by molar-refractivity contribution is 0.152. The molecular formula is C19H25N5O2. The predicted octanol–water partition coefficient (Wildman–Crippen LogP) is 2.76. The molecule has 3 heterocycles.